The number of rotatable bonds is 1. The lowest BCUT2D eigenvalue weighted by atomic mass is 9.90. The Morgan fingerprint density at radius 2 is 1.33 bits per heavy atom. The number of nitrogen functional groups attached to an aromatic ring is 1. The molecule has 0 saturated carbocycles. The minimum absolute atomic E-state index is 0.344. The summed E-state index contributed by atoms with van der Waals surface area (Å²) >= 11 is 0. The van der Waals surface area contributed by atoms with Crippen LogP contribution in [0.25, 0.3) is 0 Å². The highest BCUT2D eigenvalue weighted by Gasteiger charge is 2.73. The normalized spacial score (nSPS) is 13.8. The van der Waals surface area contributed by atoms with Crippen molar-refractivity contribution in [3.8, 4) is 0 Å². The lowest BCUT2D eigenvalue weighted by molar-refractivity contribution is -0.348. The molecule has 18 heavy (non-hydrogen) atoms. The second-order valence-corrected chi connectivity index (χ2v) is 3.67. The van der Waals surface area contributed by atoms with Crippen LogP contribution < -0.4 is 5.73 Å². The van der Waals surface area contributed by atoms with Crippen molar-refractivity contribution in [3.63, 3.8) is 0 Å². The molecule has 0 fully saturated rings. The maximum absolute atomic E-state index is 13.7. The molecule has 1 aromatic rings. The third-order valence-electron chi connectivity index (χ3n) is 2.53. The van der Waals surface area contributed by atoms with Crippen LogP contribution in [0.2, 0.25) is 0 Å². The molecule has 0 bridgehead atoms. The van der Waals surface area contributed by atoms with E-state index in [2.05, 4.69) is 0 Å². The molecule has 0 aliphatic rings. The lowest BCUT2D eigenvalue weighted by Crippen LogP contribution is -2.50. The van der Waals surface area contributed by atoms with E-state index in [9.17, 15) is 30.7 Å². The fourth-order valence-electron chi connectivity index (χ4n) is 1.49. The van der Waals surface area contributed by atoms with Gasteiger partial charge in [0, 0.05) is 11.3 Å². The van der Waals surface area contributed by atoms with E-state index in [-0.39, 0.29) is 5.69 Å². The van der Waals surface area contributed by atoms with Gasteiger partial charge in [0.1, 0.15) is 0 Å². The number of alkyl halides is 7. The highest BCUT2D eigenvalue weighted by atomic mass is 19.4. The summed E-state index contributed by atoms with van der Waals surface area (Å²) in [6, 6.07) is 2.35. The molecular weight excluding hydrogens is 267 g/mol. The summed E-state index contributed by atoms with van der Waals surface area (Å²) in [4.78, 5) is 0. The third-order valence-corrected chi connectivity index (χ3v) is 2.53. The molecule has 0 unspecified atom stereocenters. The Kier molecular flexibility index (Phi) is 3.27. The van der Waals surface area contributed by atoms with Crippen molar-refractivity contribution in [2.45, 2.75) is 24.9 Å². The first-order chi connectivity index (χ1) is 7.93. The summed E-state index contributed by atoms with van der Waals surface area (Å²) in [7, 11) is 0. The van der Waals surface area contributed by atoms with Gasteiger partial charge in [0.15, 0.2) is 0 Å². The van der Waals surface area contributed by atoms with Gasteiger partial charge in [-0.3, -0.25) is 0 Å². The molecule has 0 heterocycles. The lowest BCUT2D eigenvalue weighted by Gasteiger charge is -2.31. The summed E-state index contributed by atoms with van der Waals surface area (Å²) in [5.74, 6) is 0. The van der Waals surface area contributed by atoms with Gasteiger partial charge in [-0.1, -0.05) is 12.1 Å². The Morgan fingerprint density at radius 3 is 1.72 bits per heavy atom. The van der Waals surface area contributed by atoms with E-state index >= 15 is 0 Å². The zero-order valence-electron chi connectivity index (χ0n) is 8.96. The van der Waals surface area contributed by atoms with Crippen LogP contribution in [0.15, 0.2) is 18.2 Å². The number of benzene rings is 1. The number of nitrogens with two attached hydrogens (primary N) is 1. The Balaban J connectivity index is 3.61. The zero-order chi connectivity index (χ0) is 14.4. The first-order valence-corrected chi connectivity index (χ1v) is 4.61. The van der Waals surface area contributed by atoms with Crippen LogP contribution >= 0.6 is 0 Å². The number of hydrogen-bond donors (Lipinski definition) is 1. The van der Waals surface area contributed by atoms with Crippen molar-refractivity contribution < 1.29 is 30.7 Å². The van der Waals surface area contributed by atoms with Gasteiger partial charge in [-0.05, 0) is 18.6 Å². The largest absolute Gasteiger partial charge is 0.435 e. The van der Waals surface area contributed by atoms with E-state index in [4.69, 9.17) is 5.73 Å². The van der Waals surface area contributed by atoms with Crippen LogP contribution in [0.3, 0.4) is 0 Å². The maximum atomic E-state index is 13.7. The SMILES string of the molecule is Cc1c(N)cccc1C(F)(C(F)(F)F)C(F)(F)F. The molecule has 1 aromatic carbocycles. The Hall–Kier alpha value is -1.47. The van der Waals surface area contributed by atoms with Gasteiger partial charge in [0.2, 0.25) is 0 Å². The van der Waals surface area contributed by atoms with E-state index in [1.807, 2.05) is 0 Å². The number of halogens is 7. The molecule has 0 saturated heterocycles. The Bertz CT molecular complexity index is 433. The average molecular weight is 275 g/mol. The Morgan fingerprint density at radius 1 is 0.889 bits per heavy atom. The first-order valence-electron chi connectivity index (χ1n) is 4.61. The molecule has 0 amide bonds. The summed E-state index contributed by atoms with van der Waals surface area (Å²) < 4.78 is 88.4. The molecule has 8 heteroatoms. The highest BCUT2D eigenvalue weighted by molar-refractivity contribution is 5.52. The molecule has 0 aliphatic carbocycles. The summed E-state index contributed by atoms with van der Waals surface area (Å²) in [5, 5.41) is 0. The van der Waals surface area contributed by atoms with Gasteiger partial charge in [-0.25, -0.2) is 4.39 Å². The van der Waals surface area contributed by atoms with Gasteiger partial charge < -0.3 is 5.73 Å². The predicted molar refractivity (Wildman–Crippen MR) is 50.5 cm³/mol. The summed E-state index contributed by atoms with van der Waals surface area (Å²) in [6.07, 6.45) is -12.2. The number of hydrogen-bond acceptors (Lipinski definition) is 1. The maximum Gasteiger partial charge on any atom is 0.435 e. The Labute approximate surface area is 97.4 Å². The monoisotopic (exact) mass is 275 g/mol. The van der Waals surface area contributed by atoms with E-state index in [1.165, 1.54) is 0 Å². The van der Waals surface area contributed by atoms with Gasteiger partial charge in [-0.2, -0.15) is 26.3 Å². The van der Waals surface area contributed by atoms with Crippen molar-refractivity contribution in [2.75, 3.05) is 5.73 Å². The minimum Gasteiger partial charge on any atom is -0.399 e. The van der Waals surface area contributed by atoms with Gasteiger partial charge in [0.25, 0.3) is 0 Å². The summed E-state index contributed by atoms with van der Waals surface area (Å²) in [6.45, 7) is 0.899. The van der Waals surface area contributed by atoms with Crippen molar-refractivity contribution in [1.82, 2.24) is 0 Å². The number of anilines is 1. The van der Waals surface area contributed by atoms with Crippen LogP contribution in [0.1, 0.15) is 11.1 Å². The highest BCUT2D eigenvalue weighted by Crippen LogP contribution is 2.54. The topological polar surface area (TPSA) is 26.0 Å². The van der Waals surface area contributed by atoms with Crippen LogP contribution in [-0.4, -0.2) is 12.4 Å². The van der Waals surface area contributed by atoms with E-state index in [0.29, 0.717) is 6.07 Å². The second kappa shape index (κ2) is 4.03. The molecule has 0 aliphatic heterocycles. The quantitative estimate of drug-likeness (QED) is 0.611. The van der Waals surface area contributed by atoms with Gasteiger partial charge >= 0.3 is 18.0 Å². The molecule has 1 rings (SSSR count). The fraction of sp³-hybridized carbons (Fsp3) is 0.400. The molecule has 102 valence electrons. The molecule has 1 nitrogen and oxygen atoms in total. The van der Waals surface area contributed by atoms with Gasteiger partial charge in [-0.15, -0.1) is 0 Å². The molecule has 0 radical (unpaired) electrons. The zero-order valence-corrected chi connectivity index (χ0v) is 8.96. The standard InChI is InChI=1S/C10H8F7N/c1-5-6(3-2-4-7(5)18)8(11,9(12,13)14)10(15,16)17/h2-4H,18H2,1H3. The van der Waals surface area contributed by atoms with Crippen LogP contribution in [0.5, 0.6) is 0 Å². The molecular formula is C10H8F7N. The van der Waals surface area contributed by atoms with Crippen molar-refractivity contribution in [2.24, 2.45) is 0 Å². The first kappa shape index (κ1) is 14.6. The van der Waals surface area contributed by atoms with Crippen molar-refractivity contribution in [3.05, 3.63) is 29.3 Å². The molecule has 0 atom stereocenters. The van der Waals surface area contributed by atoms with Gasteiger partial charge in [0.05, 0.1) is 0 Å². The van der Waals surface area contributed by atoms with E-state index in [0.717, 1.165) is 19.1 Å². The van der Waals surface area contributed by atoms with Crippen molar-refractivity contribution >= 4 is 5.69 Å². The van der Waals surface area contributed by atoms with Crippen LogP contribution in [0, 0.1) is 6.92 Å². The second-order valence-electron chi connectivity index (χ2n) is 3.67. The molecule has 0 spiro atoms. The van der Waals surface area contributed by atoms with Crippen LogP contribution in [-0.2, 0) is 5.67 Å². The van der Waals surface area contributed by atoms with E-state index < -0.39 is 29.1 Å². The van der Waals surface area contributed by atoms with Crippen molar-refractivity contribution in [1.29, 1.82) is 0 Å². The average Bonchev–Trinajstić information content (AvgIpc) is 2.17. The van der Waals surface area contributed by atoms with E-state index in [1.54, 1.807) is 0 Å². The third kappa shape index (κ3) is 1.99. The smallest absolute Gasteiger partial charge is 0.399 e. The molecule has 0 aromatic heterocycles. The summed E-state index contributed by atoms with van der Waals surface area (Å²) in [5.41, 5.74) is -2.70. The predicted octanol–water partition coefficient (Wildman–Crippen LogP) is 3.87. The molecule has 2 N–H and O–H groups in total. The fourth-order valence-corrected chi connectivity index (χ4v) is 1.49. The minimum atomic E-state index is -6.12. The van der Waals surface area contributed by atoms with Crippen LogP contribution in [0.4, 0.5) is 36.4 Å².